The summed E-state index contributed by atoms with van der Waals surface area (Å²) in [5.41, 5.74) is 0.229. The minimum absolute atomic E-state index is 0.215. The maximum Gasteiger partial charge on any atom is 0.190 e. The van der Waals surface area contributed by atoms with Gasteiger partial charge in [0.05, 0.1) is 11.9 Å². The lowest BCUT2D eigenvalue weighted by atomic mass is 9.87. The Kier molecular flexibility index (Phi) is 4.89. The lowest BCUT2D eigenvalue weighted by molar-refractivity contribution is 0.174. The zero-order valence-electron chi connectivity index (χ0n) is 12.0. The Morgan fingerprint density at radius 1 is 1.55 bits per heavy atom. The van der Waals surface area contributed by atoms with Crippen LogP contribution in [0, 0.1) is 5.41 Å². The molecule has 0 amide bonds. The van der Waals surface area contributed by atoms with Crippen molar-refractivity contribution in [3.8, 4) is 0 Å². The van der Waals surface area contributed by atoms with Gasteiger partial charge in [-0.25, -0.2) is 8.42 Å². The van der Waals surface area contributed by atoms with Gasteiger partial charge < -0.3 is 10.4 Å². The van der Waals surface area contributed by atoms with Crippen LogP contribution in [-0.4, -0.2) is 38.0 Å². The first kappa shape index (κ1) is 15.9. The molecule has 2 rings (SSSR count). The molecule has 1 aliphatic carbocycles. The fourth-order valence-electron chi connectivity index (χ4n) is 2.82. The van der Waals surface area contributed by atoms with Crippen LogP contribution in [0.2, 0.25) is 0 Å². The molecule has 0 bridgehead atoms. The second kappa shape index (κ2) is 6.13. The van der Waals surface area contributed by atoms with Crippen molar-refractivity contribution in [3.63, 3.8) is 0 Å². The van der Waals surface area contributed by atoms with Crippen molar-refractivity contribution in [1.82, 2.24) is 5.32 Å². The summed E-state index contributed by atoms with van der Waals surface area (Å²) in [5.74, 6) is -0.215. The Morgan fingerprint density at radius 2 is 2.30 bits per heavy atom. The third-order valence-electron chi connectivity index (χ3n) is 4.07. The molecule has 6 heteroatoms. The van der Waals surface area contributed by atoms with Gasteiger partial charge in [-0.15, -0.1) is 11.3 Å². The SMILES string of the molecule is CC1(C)CCC[C@H]1NC[C@@H](O)CS(=O)(=O)c1cccs1. The predicted octanol–water partition coefficient (Wildman–Crippen LogP) is 2.05. The topological polar surface area (TPSA) is 66.4 Å². The van der Waals surface area contributed by atoms with Crippen LogP contribution in [0.3, 0.4) is 0 Å². The molecule has 1 aromatic heterocycles. The second-order valence-electron chi connectivity index (χ2n) is 6.21. The van der Waals surface area contributed by atoms with Crippen molar-refractivity contribution in [3.05, 3.63) is 17.5 Å². The highest BCUT2D eigenvalue weighted by Gasteiger charge is 2.34. The molecule has 20 heavy (non-hydrogen) atoms. The summed E-state index contributed by atoms with van der Waals surface area (Å²) >= 11 is 1.20. The number of rotatable bonds is 6. The maximum atomic E-state index is 12.0. The molecule has 4 nitrogen and oxygen atoms in total. The molecule has 0 spiro atoms. The van der Waals surface area contributed by atoms with Gasteiger partial charge in [-0.05, 0) is 29.7 Å². The van der Waals surface area contributed by atoms with Gasteiger partial charge in [-0.2, -0.15) is 0 Å². The molecular weight excluding hydrogens is 294 g/mol. The van der Waals surface area contributed by atoms with E-state index in [4.69, 9.17) is 0 Å². The Morgan fingerprint density at radius 3 is 2.85 bits per heavy atom. The largest absolute Gasteiger partial charge is 0.391 e. The number of aliphatic hydroxyl groups excluding tert-OH is 1. The van der Waals surface area contributed by atoms with Crippen molar-refractivity contribution < 1.29 is 13.5 Å². The highest BCUT2D eigenvalue weighted by Crippen LogP contribution is 2.37. The fourth-order valence-corrected chi connectivity index (χ4v) is 5.30. The summed E-state index contributed by atoms with van der Waals surface area (Å²) in [4.78, 5) is 0. The quantitative estimate of drug-likeness (QED) is 0.843. The molecule has 0 saturated heterocycles. The summed E-state index contributed by atoms with van der Waals surface area (Å²) < 4.78 is 24.4. The van der Waals surface area contributed by atoms with E-state index in [-0.39, 0.29) is 11.2 Å². The van der Waals surface area contributed by atoms with Crippen LogP contribution in [0.1, 0.15) is 33.1 Å². The number of hydrogen-bond acceptors (Lipinski definition) is 5. The molecule has 0 unspecified atom stereocenters. The van der Waals surface area contributed by atoms with E-state index in [2.05, 4.69) is 19.2 Å². The highest BCUT2D eigenvalue weighted by molar-refractivity contribution is 7.93. The van der Waals surface area contributed by atoms with E-state index in [9.17, 15) is 13.5 Å². The zero-order chi connectivity index (χ0) is 14.8. The van der Waals surface area contributed by atoms with E-state index in [1.807, 2.05) is 0 Å². The average molecular weight is 317 g/mol. The van der Waals surface area contributed by atoms with Crippen LogP contribution in [0.5, 0.6) is 0 Å². The molecule has 1 aliphatic rings. The number of thiophene rings is 1. The van der Waals surface area contributed by atoms with Crippen LogP contribution in [-0.2, 0) is 9.84 Å². The summed E-state index contributed by atoms with van der Waals surface area (Å²) in [5, 5.41) is 15.0. The van der Waals surface area contributed by atoms with Gasteiger partial charge in [0.2, 0.25) is 0 Å². The maximum absolute atomic E-state index is 12.0. The van der Waals surface area contributed by atoms with Crippen LogP contribution >= 0.6 is 11.3 Å². The standard InChI is InChI=1S/C14H23NO3S2/c1-14(2)7-3-5-12(14)15-9-11(16)10-20(17,18)13-6-4-8-19-13/h4,6,8,11-12,15-16H,3,5,7,9-10H2,1-2H3/t11-,12-/m1/s1. The van der Waals surface area contributed by atoms with Crippen LogP contribution in [0.15, 0.2) is 21.7 Å². The molecule has 1 aromatic rings. The summed E-state index contributed by atoms with van der Waals surface area (Å²) in [6.45, 7) is 4.76. The van der Waals surface area contributed by atoms with Crippen molar-refractivity contribution in [1.29, 1.82) is 0 Å². The third-order valence-corrected chi connectivity index (χ3v) is 7.36. The Balaban J connectivity index is 1.86. The van der Waals surface area contributed by atoms with E-state index < -0.39 is 15.9 Å². The molecule has 1 saturated carbocycles. The van der Waals surface area contributed by atoms with Crippen molar-refractivity contribution >= 4 is 21.2 Å². The number of aliphatic hydroxyl groups is 1. The number of nitrogens with one attached hydrogen (secondary N) is 1. The monoisotopic (exact) mass is 317 g/mol. The molecular formula is C14H23NO3S2. The van der Waals surface area contributed by atoms with Gasteiger partial charge >= 0.3 is 0 Å². The van der Waals surface area contributed by atoms with E-state index >= 15 is 0 Å². The van der Waals surface area contributed by atoms with E-state index in [0.29, 0.717) is 16.8 Å². The lowest BCUT2D eigenvalue weighted by Crippen LogP contribution is -2.43. The lowest BCUT2D eigenvalue weighted by Gasteiger charge is -2.28. The summed E-state index contributed by atoms with van der Waals surface area (Å²) in [6.07, 6.45) is 2.60. The average Bonchev–Trinajstić information content (AvgIpc) is 2.95. The number of sulfone groups is 1. The molecule has 114 valence electrons. The van der Waals surface area contributed by atoms with Crippen molar-refractivity contribution in [2.24, 2.45) is 5.41 Å². The minimum Gasteiger partial charge on any atom is -0.391 e. The van der Waals surface area contributed by atoms with Crippen LogP contribution in [0.4, 0.5) is 0 Å². The molecule has 0 aliphatic heterocycles. The molecule has 0 aromatic carbocycles. The summed E-state index contributed by atoms with van der Waals surface area (Å²) in [7, 11) is -3.36. The van der Waals surface area contributed by atoms with E-state index in [1.165, 1.54) is 24.2 Å². The van der Waals surface area contributed by atoms with Gasteiger partial charge in [0.15, 0.2) is 9.84 Å². The van der Waals surface area contributed by atoms with Crippen molar-refractivity contribution in [2.45, 2.75) is 49.5 Å². The Labute approximate surface area is 125 Å². The molecule has 1 fully saturated rings. The predicted molar refractivity (Wildman–Crippen MR) is 81.8 cm³/mol. The molecule has 2 atom stereocenters. The Hall–Kier alpha value is -0.430. The van der Waals surface area contributed by atoms with Gasteiger partial charge in [-0.3, -0.25) is 0 Å². The summed E-state index contributed by atoms with van der Waals surface area (Å²) in [6, 6.07) is 3.66. The Bertz CT molecular complexity index is 523. The van der Waals surface area contributed by atoms with Crippen LogP contribution < -0.4 is 5.32 Å². The van der Waals surface area contributed by atoms with Gasteiger partial charge in [0.25, 0.3) is 0 Å². The van der Waals surface area contributed by atoms with Gasteiger partial charge in [0.1, 0.15) is 4.21 Å². The van der Waals surface area contributed by atoms with Crippen LogP contribution in [0.25, 0.3) is 0 Å². The normalized spacial score (nSPS) is 23.9. The smallest absolute Gasteiger partial charge is 0.190 e. The molecule has 1 heterocycles. The molecule has 0 radical (unpaired) electrons. The first-order valence-corrected chi connectivity index (χ1v) is 9.52. The first-order valence-electron chi connectivity index (χ1n) is 6.99. The van der Waals surface area contributed by atoms with Crippen molar-refractivity contribution in [2.75, 3.05) is 12.3 Å². The number of hydrogen-bond donors (Lipinski definition) is 2. The van der Waals surface area contributed by atoms with Gasteiger partial charge in [0, 0.05) is 12.6 Å². The highest BCUT2D eigenvalue weighted by atomic mass is 32.2. The second-order valence-corrected chi connectivity index (χ2v) is 9.42. The zero-order valence-corrected chi connectivity index (χ0v) is 13.6. The first-order chi connectivity index (χ1) is 9.31. The third kappa shape index (κ3) is 3.81. The fraction of sp³-hybridized carbons (Fsp3) is 0.714. The van der Waals surface area contributed by atoms with E-state index in [1.54, 1.807) is 17.5 Å². The van der Waals surface area contributed by atoms with Gasteiger partial charge in [-0.1, -0.05) is 26.3 Å². The molecule has 2 N–H and O–H groups in total. The van der Waals surface area contributed by atoms with E-state index in [0.717, 1.165) is 6.42 Å². The minimum atomic E-state index is -3.36.